The minimum Gasteiger partial charge on any atom is -0.331 e. The Morgan fingerprint density at radius 1 is 1.31 bits per heavy atom. The van der Waals surface area contributed by atoms with Gasteiger partial charge in [-0.15, -0.1) is 0 Å². The third kappa shape index (κ3) is 1.38. The molecule has 2 N–H and O–H groups in total. The van der Waals surface area contributed by atoms with Gasteiger partial charge in [0.25, 0.3) is 0 Å². The Balaban J connectivity index is 2.17. The lowest BCUT2D eigenvalue weighted by atomic mass is 9.81. The summed E-state index contributed by atoms with van der Waals surface area (Å²) in [5, 5.41) is 4.60. The molecule has 0 aromatic rings. The van der Waals surface area contributed by atoms with Gasteiger partial charge in [0.15, 0.2) is 0 Å². The molecule has 72 valence electrons. The van der Waals surface area contributed by atoms with Crippen molar-refractivity contribution in [2.75, 3.05) is 0 Å². The Morgan fingerprint density at radius 2 is 2.08 bits per heavy atom. The summed E-state index contributed by atoms with van der Waals surface area (Å²) in [5.41, 5.74) is 0. The first-order valence-electron chi connectivity index (χ1n) is 4.44. The number of urea groups is 1. The van der Waals surface area contributed by atoms with Crippen molar-refractivity contribution in [2.24, 2.45) is 5.92 Å². The molecule has 1 heterocycles. The lowest BCUT2D eigenvalue weighted by molar-refractivity contribution is -0.127. The highest BCUT2D eigenvalue weighted by Crippen LogP contribution is 2.28. The number of amides is 3. The largest absolute Gasteiger partial charge is 0.331 e. The molecule has 0 aromatic carbocycles. The van der Waals surface area contributed by atoms with E-state index in [2.05, 4.69) is 10.6 Å². The standard InChI is InChI=1S/C8H11FN2O2/c9-5-3-1-2-4-6(5)10-8(13)11-7(4)12/h4-6H,1-3H2,(H2,10,11,12,13). The highest BCUT2D eigenvalue weighted by Gasteiger charge is 2.42. The first-order valence-corrected chi connectivity index (χ1v) is 4.44. The SMILES string of the molecule is O=C1NC(=O)C2CCCC(F)C2N1. The molecule has 13 heavy (non-hydrogen) atoms. The van der Waals surface area contributed by atoms with Crippen LogP contribution in [-0.4, -0.2) is 24.2 Å². The van der Waals surface area contributed by atoms with E-state index in [1.165, 1.54) is 0 Å². The van der Waals surface area contributed by atoms with Crippen molar-refractivity contribution >= 4 is 11.9 Å². The van der Waals surface area contributed by atoms with E-state index in [-0.39, 0.29) is 11.8 Å². The number of halogens is 1. The van der Waals surface area contributed by atoms with Crippen LogP contribution in [0.3, 0.4) is 0 Å². The zero-order valence-electron chi connectivity index (χ0n) is 7.05. The number of hydrogen-bond donors (Lipinski definition) is 2. The van der Waals surface area contributed by atoms with E-state index in [4.69, 9.17) is 0 Å². The second-order valence-corrected chi connectivity index (χ2v) is 3.54. The summed E-state index contributed by atoms with van der Waals surface area (Å²) in [6.45, 7) is 0. The van der Waals surface area contributed by atoms with Gasteiger partial charge in [-0.05, 0) is 19.3 Å². The second kappa shape index (κ2) is 2.97. The normalized spacial score (nSPS) is 39.0. The third-order valence-corrected chi connectivity index (χ3v) is 2.69. The Labute approximate surface area is 74.9 Å². The summed E-state index contributed by atoms with van der Waals surface area (Å²) >= 11 is 0. The smallest absolute Gasteiger partial charge is 0.321 e. The summed E-state index contributed by atoms with van der Waals surface area (Å²) in [6.07, 6.45) is 0.742. The number of carbonyl (C=O) groups excluding carboxylic acids is 2. The van der Waals surface area contributed by atoms with Crippen LogP contribution in [0.5, 0.6) is 0 Å². The van der Waals surface area contributed by atoms with Crippen molar-refractivity contribution in [2.45, 2.75) is 31.5 Å². The van der Waals surface area contributed by atoms with Gasteiger partial charge in [0.2, 0.25) is 5.91 Å². The lowest BCUT2D eigenvalue weighted by Gasteiger charge is -2.36. The summed E-state index contributed by atoms with van der Waals surface area (Å²) in [7, 11) is 0. The van der Waals surface area contributed by atoms with Gasteiger partial charge >= 0.3 is 6.03 Å². The molecule has 1 saturated heterocycles. The molecular formula is C8H11FN2O2. The number of rotatable bonds is 0. The fraction of sp³-hybridized carbons (Fsp3) is 0.750. The van der Waals surface area contributed by atoms with Gasteiger partial charge in [-0.25, -0.2) is 9.18 Å². The number of fused-ring (bicyclic) bond motifs is 1. The van der Waals surface area contributed by atoms with E-state index < -0.39 is 18.2 Å². The van der Waals surface area contributed by atoms with Crippen LogP contribution in [0, 0.1) is 5.92 Å². The number of hydrogen-bond acceptors (Lipinski definition) is 2. The van der Waals surface area contributed by atoms with Crippen molar-refractivity contribution in [1.82, 2.24) is 10.6 Å². The van der Waals surface area contributed by atoms with Crippen molar-refractivity contribution in [3.63, 3.8) is 0 Å². The Hall–Kier alpha value is -1.13. The molecular weight excluding hydrogens is 175 g/mol. The van der Waals surface area contributed by atoms with Gasteiger partial charge in [0.1, 0.15) is 6.17 Å². The highest BCUT2D eigenvalue weighted by molar-refractivity contribution is 5.98. The zero-order chi connectivity index (χ0) is 9.42. The van der Waals surface area contributed by atoms with Crippen LogP contribution in [0.15, 0.2) is 0 Å². The zero-order valence-corrected chi connectivity index (χ0v) is 7.05. The van der Waals surface area contributed by atoms with E-state index >= 15 is 0 Å². The molecule has 1 aliphatic heterocycles. The summed E-state index contributed by atoms with van der Waals surface area (Å²) in [5.74, 6) is -0.711. The average Bonchev–Trinajstić information content (AvgIpc) is 2.07. The lowest BCUT2D eigenvalue weighted by Crippen LogP contribution is -2.62. The predicted octanol–water partition coefficient (Wildman–Crippen LogP) is 0.333. The van der Waals surface area contributed by atoms with Crippen LogP contribution < -0.4 is 10.6 Å². The van der Waals surface area contributed by atoms with Crippen molar-refractivity contribution in [1.29, 1.82) is 0 Å². The van der Waals surface area contributed by atoms with Gasteiger partial charge < -0.3 is 5.32 Å². The molecule has 2 fully saturated rings. The Morgan fingerprint density at radius 3 is 2.85 bits per heavy atom. The highest BCUT2D eigenvalue weighted by atomic mass is 19.1. The second-order valence-electron chi connectivity index (χ2n) is 3.54. The fourth-order valence-electron chi connectivity index (χ4n) is 2.02. The minimum absolute atomic E-state index is 0.337. The van der Waals surface area contributed by atoms with E-state index in [0.717, 1.165) is 0 Å². The van der Waals surface area contributed by atoms with Crippen LogP contribution >= 0.6 is 0 Å². The van der Waals surface area contributed by atoms with Gasteiger partial charge in [0.05, 0.1) is 12.0 Å². The van der Waals surface area contributed by atoms with E-state index in [9.17, 15) is 14.0 Å². The Kier molecular flexibility index (Phi) is 1.94. The first-order chi connectivity index (χ1) is 6.18. The molecule has 0 radical (unpaired) electrons. The van der Waals surface area contributed by atoms with Crippen LogP contribution in [0.2, 0.25) is 0 Å². The van der Waals surface area contributed by atoms with Crippen LogP contribution in [0.1, 0.15) is 19.3 Å². The monoisotopic (exact) mass is 186 g/mol. The summed E-state index contributed by atoms with van der Waals surface area (Å²) in [6, 6.07) is -1.18. The predicted molar refractivity (Wildman–Crippen MR) is 42.7 cm³/mol. The molecule has 3 atom stereocenters. The van der Waals surface area contributed by atoms with Crippen LogP contribution in [0.25, 0.3) is 0 Å². The van der Waals surface area contributed by atoms with E-state index in [1.54, 1.807) is 0 Å². The molecule has 4 nitrogen and oxygen atoms in total. The molecule has 0 spiro atoms. The first kappa shape index (κ1) is 8.47. The number of nitrogens with one attached hydrogen (secondary N) is 2. The molecule has 0 bridgehead atoms. The number of alkyl halides is 1. The quantitative estimate of drug-likeness (QED) is 0.573. The Bertz CT molecular complexity index is 257. The van der Waals surface area contributed by atoms with Crippen LogP contribution in [-0.2, 0) is 4.79 Å². The minimum atomic E-state index is -1.08. The molecule has 5 heteroatoms. The summed E-state index contributed by atoms with van der Waals surface area (Å²) < 4.78 is 13.3. The van der Waals surface area contributed by atoms with E-state index in [0.29, 0.717) is 19.3 Å². The van der Waals surface area contributed by atoms with Gasteiger partial charge in [-0.2, -0.15) is 0 Å². The molecule has 3 unspecified atom stereocenters. The van der Waals surface area contributed by atoms with Crippen molar-refractivity contribution in [3.8, 4) is 0 Å². The number of carbonyl (C=O) groups is 2. The van der Waals surface area contributed by atoms with Gasteiger partial charge in [-0.3, -0.25) is 10.1 Å². The van der Waals surface area contributed by atoms with Crippen molar-refractivity contribution in [3.05, 3.63) is 0 Å². The molecule has 3 amide bonds. The summed E-state index contributed by atoms with van der Waals surface area (Å²) in [4.78, 5) is 22.1. The molecule has 0 aromatic heterocycles. The average molecular weight is 186 g/mol. The fourth-order valence-corrected chi connectivity index (χ4v) is 2.02. The van der Waals surface area contributed by atoms with Gasteiger partial charge in [0, 0.05) is 0 Å². The maximum Gasteiger partial charge on any atom is 0.321 e. The van der Waals surface area contributed by atoms with E-state index in [1.807, 2.05) is 0 Å². The number of imide groups is 1. The topological polar surface area (TPSA) is 58.2 Å². The maximum absolute atomic E-state index is 13.3. The molecule has 2 aliphatic rings. The molecule has 1 saturated carbocycles. The third-order valence-electron chi connectivity index (χ3n) is 2.69. The van der Waals surface area contributed by atoms with Gasteiger partial charge in [-0.1, -0.05) is 0 Å². The molecule has 2 rings (SSSR count). The molecule has 1 aliphatic carbocycles. The van der Waals surface area contributed by atoms with Crippen LogP contribution in [0.4, 0.5) is 9.18 Å². The van der Waals surface area contributed by atoms with Crippen molar-refractivity contribution < 1.29 is 14.0 Å². The maximum atomic E-state index is 13.3.